The average Bonchev–Trinajstić information content (AvgIpc) is 2.92. The Morgan fingerprint density at radius 2 is 2.18 bits per heavy atom. The van der Waals surface area contributed by atoms with Gasteiger partial charge in [-0.2, -0.15) is 5.26 Å². The lowest BCUT2D eigenvalue weighted by Crippen LogP contribution is -2.48. The van der Waals surface area contributed by atoms with E-state index in [2.05, 4.69) is 11.4 Å². The number of carbonyl (C=O) groups is 2. The molecule has 2 atom stereocenters. The molecule has 1 saturated carbocycles. The van der Waals surface area contributed by atoms with Gasteiger partial charge in [0, 0.05) is 19.9 Å². The first kappa shape index (κ1) is 11.9. The molecule has 1 aliphatic carbocycles. The van der Waals surface area contributed by atoms with Crippen molar-refractivity contribution in [3.63, 3.8) is 0 Å². The van der Waals surface area contributed by atoms with E-state index in [1.54, 1.807) is 0 Å². The van der Waals surface area contributed by atoms with Crippen molar-refractivity contribution in [2.45, 2.75) is 43.9 Å². The van der Waals surface area contributed by atoms with Crippen molar-refractivity contribution < 1.29 is 14.7 Å². The molecule has 2 unspecified atom stereocenters. The van der Waals surface area contributed by atoms with E-state index in [1.807, 2.05) is 0 Å². The normalized spacial score (nSPS) is 29.6. The molecule has 17 heavy (non-hydrogen) atoms. The number of nitrogens with zero attached hydrogens (tertiary/aromatic N) is 2. The summed E-state index contributed by atoms with van der Waals surface area (Å²) in [4.78, 5) is 24.6. The van der Waals surface area contributed by atoms with E-state index in [4.69, 9.17) is 5.26 Å². The first-order valence-electron chi connectivity index (χ1n) is 5.66. The van der Waals surface area contributed by atoms with Crippen LogP contribution in [-0.2, 0) is 9.59 Å². The van der Waals surface area contributed by atoms with Gasteiger partial charge < -0.3 is 15.3 Å². The van der Waals surface area contributed by atoms with Crippen LogP contribution in [0.3, 0.4) is 0 Å². The summed E-state index contributed by atoms with van der Waals surface area (Å²) in [6.07, 6.45) is 0.897. The maximum Gasteiger partial charge on any atom is 0.244 e. The zero-order valence-corrected chi connectivity index (χ0v) is 9.64. The largest absolute Gasteiger partial charge is 0.391 e. The number of nitrogens with one attached hydrogen (secondary N) is 1. The Morgan fingerprint density at radius 3 is 2.65 bits per heavy atom. The third-order valence-corrected chi connectivity index (χ3v) is 3.31. The highest BCUT2D eigenvalue weighted by atomic mass is 16.3. The van der Waals surface area contributed by atoms with E-state index >= 15 is 0 Å². The summed E-state index contributed by atoms with van der Waals surface area (Å²) in [5.41, 5.74) is -0.729. The van der Waals surface area contributed by atoms with E-state index in [0.717, 1.165) is 0 Å². The molecular weight excluding hydrogens is 222 g/mol. The molecule has 1 aliphatic heterocycles. The van der Waals surface area contributed by atoms with Crippen LogP contribution in [0.15, 0.2) is 0 Å². The third-order valence-electron chi connectivity index (χ3n) is 3.31. The molecule has 0 radical (unpaired) electrons. The van der Waals surface area contributed by atoms with Gasteiger partial charge in [0.15, 0.2) is 0 Å². The van der Waals surface area contributed by atoms with Crippen LogP contribution in [0.2, 0.25) is 0 Å². The van der Waals surface area contributed by atoms with Crippen LogP contribution in [0, 0.1) is 11.3 Å². The van der Waals surface area contributed by atoms with E-state index in [-0.39, 0.29) is 24.8 Å². The highest BCUT2D eigenvalue weighted by Crippen LogP contribution is 2.34. The lowest BCUT2D eigenvalue weighted by atomic mass is 10.1. The number of likely N-dealkylation sites (tertiary alicyclic amines) is 1. The quantitative estimate of drug-likeness (QED) is 0.653. The van der Waals surface area contributed by atoms with E-state index < -0.39 is 17.7 Å². The zero-order valence-electron chi connectivity index (χ0n) is 9.64. The molecule has 1 saturated heterocycles. The molecule has 0 aromatic heterocycles. The summed E-state index contributed by atoms with van der Waals surface area (Å²) in [7, 11) is 0. The summed E-state index contributed by atoms with van der Waals surface area (Å²) < 4.78 is 0. The zero-order chi connectivity index (χ0) is 12.6. The van der Waals surface area contributed by atoms with Gasteiger partial charge >= 0.3 is 0 Å². The molecule has 0 aromatic carbocycles. The van der Waals surface area contributed by atoms with Gasteiger partial charge in [-0.15, -0.1) is 0 Å². The van der Waals surface area contributed by atoms with Gasteiger partial charge in [-0.05, 0) is 12.8 Å². The molecule has 1 heterocycles. The monoisotopic (exact) mass is 237 g/mol. The number of carbonyl (C=O) groups excluding carboxylic acids is 2. The number of hydrogen-bond acceptors (Lipinski definition) is 4. The molecule has 2 rings (SSSR count). The van der Waals surface area contributed by atoms with Crippen LogP contribution in [0.4, 0.5) is 0 Å². The standard InChI is InChI=1S/C11H15N3O3/c1-7(15)14-5-8(16)4-9(14)10(17)13-11(6-12)2-3-11/h8-9,16H,2-5H2,1H3,(H,13,17). The summed E-state index contributed by atoms with van der Waals surface area (Å²) in [6.45, 7) is 1.56. The van der Waals surface area contributed by atoms with Crippen molar-refractivity contribution in [3.8, 4) is 6.07 Å². The SMILES string of the molecule is CC(=O)N1CC(O)CC1C(=O)NC1(C#N)CC1. The van der Waals surface area contributed by atoms with Crippen LogP contribution in [0.25, 0.3) is 0 Å². The lowest BCUT2D eigenvalue weighted by Gasteiger charge is -2.23. The summed E-state index contributed by atoms with van der Waals surface area (Å²) in [5, 5.41) is 21.0. The summed E-state index contributed by atoms with van der Waals surface area (Å²) >= 11 is 0. The first-order valence-corrected chi connectivity index (χ1v) is 5.66. The summed E-state index contributed by atoms with van der Waals surface area (Å²) in [5.74, 6) is -0.570. The van der Waals surface area contributed by atoms with Crippen LogP contribution in [-0.4, -0.2) is 46.1 Å². The van der Waals surface area contributed by atoms with Crippen LogP contribution in [0.1, 0.15) is 26.2 Å². The fraction of sp³-hybridized carbons (Fsp3) is 0.727. The van der Waals surface area contributed by atoms with E-state index in [1.165, 1.54) is 11.8 Å². The Morgan fingerprint density at radius 1 is 1.53 bits per heavy atom. The Bertz CT molecular complexity index is 397. The molecule has 2 amide bonds. The lowest BCUT2D eigenvalue weighted by molar-refractivity contribution is -0.137. The second-order valence-electron chi connectivity index (χ2n) is 4.76. The van der Waals surface area contributed by atoms with Gasteiger partial charge in [0.05, 0.1) is 12.2 Å². The van der Waals surface area contributed by atoms with E-state index in [9.17, 15) is 14.7 Å². The van der Waals surface area contributed by atoms with Crippen LogP contribution < -0.4 is 5.32 Å². The second kappa shape index (κ2) is 4.00. The van der Waals surface area contributed by atoms with Crippen molar-refractivity contribution in [2.24, 2.45) is 0 Å². The topological polar surface area (TPSA) is 93.4 Å². The first-order chi connectivity index (χ1) is 7.97. The average molecular weight is 237 g/mol. The molecule has 92 valence electrons. The van der Waals surface area contributed by atoms with Crippen molar-refractivity contribution in [3.05, 3.63) is 0 Å². The highest BCUT2D eigenvalue weighted by Gasteiger charge is 2.47. The van der Waals surface area contributed by atoms with Crippen molar-refractivity contribution in [1.82, 2.24) is 10.2 Å². The number of hydrogen-bond donors (Lipinski definition) is 2. The summed E-state index contributed by atoms with van der Waals surface area (Å²) in [6, 6.07) is 1.42. The number of aliphatic hydroxyl groups excluding tert-OH is 1. The number of aliphatic hydroxyl groups is 1. The van der Waals surface area contributed by atoms with Gasteiger partial charge in [-0.3, -0.25) is 9.59 Å². The fourth-order valence-corrected chi connectivity index (χ4v) is 2.12. The molecular formula is C11H15N3O3. The Labute approximate surface area is 99.2 Å². The molecule has 2 aliphatic rings. The van der Waals surface area contributed by atoms with Gasteiger partial charge in [0.1, 0.15) is 11.6 Å². The molecule has 0 spiro atoms. The Balaban J connectivity index is 2.03. The number of amides is 2. The predicted octanol–water partition coefficient (Wildman–Crippen LogP) is -0.860. The minimum absolute atomic E-state index is 0.187. The minimum Gasteiger partial charge on any atom is -0.391 e. The molecule has 6 heteroatoms. The fourth-order valence-electron chi connectivity index (χ4n) is 2.12. The maximum absolute atomic E-state index is 12.0. The Hall–Kier alpha value is -1.61. The smallest absolute Gasteiger partial charge is 0.244 e. The van der Waals surface area contributed by atoms with Gasteiger partial charge in [0.25, 0.3) is 0 Å². The maximum atomic E-state index is 12.0. The predicted molar refractivity (Wildman–Crippen MR) is 57.5 cm³/mol. The molecule has 6 nitrogen and oxygen atoms in total. The molecule has 2 N–H and O–H groups in total. The number of β-amino-alcohol motifs (C(OH)–C–C–N with tert-alkyl or cyclic N) is 1. The van der Waals surface area contributed by atoms with Gasteiger partial charge in [0.2, 0.25) is 11.8 Å². The molecule has 0 bridgehead atoms. The minimum atomic E-state index is -0.729. The Kier molecular flexibility index (Phi) is 2.79. The van der Waals surface area contributed by atoms with Gasteiger partial charge in [-0.25, -0.2) is 0 Å². The van der Waals surface area contributed by atoms with Crippen molar-refractivity contribution in [2.75, 3.05) is 6.54 Å². The van der Waals surface area contributed by atoms with E-state index in [0.29, 0.717) is 12.8 Å². The number of rotatable bonds is 2. The van der Waals surface area contributed by atoms with Crippen LogP contribution in [0.5, 0.6) is 0 Å². The van der Waals surface area contributed by atoms with Crippen LogP contribution >= 0.6 is 0 Å². The molecule has 0 aromatic rings. The molecule has 2 fully saturated rings. The third kappa shape index (κ3) is 2.24. The van der Waals surface area contributed by atoms with Crippen molar-refractivity contribution >= 4 is 11.8 Å². The highest BCUT2D eigenvalue weighted by molar-refractivity contribution is 5.88. The van der Waals surface area contributed by atoms with Crippen molar-refractivity contribution in [1.29, 1.82) is 5.26 Å². The second-order valence-corrected chi connectivity index (χ2v) is 4.76. The number of nitriles is 1. The van der Waals surface area contributed by atoms with Gasteiger partial charge in [-0.1, -0.05) is 0 Å².